The van der Waals surface area contributed by atoms with Gasteiger partial charge in [0.1, 0.15) is 0 Å². The molecular weight excluding hydrogens is 655 g/mol. The zero-order chi connectivity index (χ0) is 30.3. The van der Waals surface area contributed by atoms with Crippen LogP contribution in [0.4, 0.5) is 0 Å². The van der Waals surface area contributed by atoms with E-state index < -0.39 is 23.8 Å². The van der Waals surface area contributed by atoms with Gasteiger partial charge in [0.15, 0.2) is 0 Å². The minimum absolute atomic E-state index is 0. The van der Waals surface area contributed by atoms with Crippen molar-refractivity contribution in [3.05, 3.63) is 143 Å². The molecule has 0 N–H and O–H groups in total. The van der Waals surface area contributed by atoms with Crippen molar-refractivity contribution in [3.8, 4) is 11.4 Å². The molecule has 2 heterocycles. The Kier molecular flexibility index (Phi) is 8.95. The Balaban J connectivity index is 0.00000186. The van der Waals surface area contributed by atoms with Crippen molar-refractivity contribution in [1.82, 2.24) is 9.13 Å². The molecule has 0 spiro atoms. The topological polar surface area (TPSA) is 9.86 Å². The maximum absolute atomic E-state index is 2.67. The predicted molar refractivity (Wildman–Crippen MR) is 187 cm³/mol. The maximum Gasteiger partial charge on any atom is -1.00 e. The molecule has 2 aliphatic carbocycles. The van der Waals surface area contributed by atoms with E-state index in [9.17, 15) is 0 Å². The zero-order valence-corrected chi connectivity index (χ0v) is 31.5. The largest absolute Gasteiger partial charge is 1.00 e. The number of hydrogen-bond donors (Lipinski definition) is 0. The van der Waals surface area contributed by atoms with Crippen molar-refractivity contribution in [1.29, 1.82) is 0 Å². The molecule has 2 aromatic heterocycles. The van der Waals surface area contributed by atoms with Gasteiger partial charge in [-0.1, -0.05) is 0 Å². The molecule has 231 valence electrons. The first kappa shape index (κ1) is 32.9. The van der Waals surface area contributed by atoms with Crippen molar-refractivity contribution < 1.29 is 41.9 Å². The van der Waals surface area contributed by atoms with Crippen LogP contribution in [-0.4, -0.2) is 15.8 Å². The number of para-hydroxylation sites is 4. The molecular formula is C40H39Cl2N2SiTi. The molecule has 2 aliphatic rings. The number of allylic oxidation sites excluding steroid dienone is 4. The summed E-state index contributed by atoms with van der Waals surface area (Å²) in [6.45, 7) is 14.0. The second kappa shape index (κ2) is 12.5. The van der Waals surface area contributed by atoms with Crippen LogP contribution >= 0.6 is 0 Å². The number of hydrogen-bond acceptors (Lipinski definition) is 0. The van der Waals surface area contributed by atoms with Gasteiger partial charge in [-0.25, -0.2) is 0 Å². The number of halogens is 2. The summed E-state index contributed by atoms with van der Waals surface area (Å²) >= 11 is -1.86. The molecule has 0 saturated carbocycles. The van der Waals surface area contributed by atoms with Crippen molar-refractivity contribution >= 4 is 39.6 Å². The molecule has 4 aromatic carbocycles. The molecule has 0 aliphatic heterocycles. The van der Waals surface area contributed by atoms with E-state index in [0.29, 0.717) is 8.45 Å². The van der Waals surface area contributed by atoms with Gasteiger partial charge in [-0.05, 0) is 0 Å². The smallest absolute Gasteiger partial charge is 1.00 e. The quantitative estimate of drug-likeness (QED) is 0.234. The van der Waals surface area contributed by atoms with Gasteiger partial charge in [0, 0.05) is 0 Å². The molecule has 6 heteroatoms. The van der Waals surface area contributed by atoms with Gasteiger partial charge in [-0.2, -0.15) is 0 Å². The van der Waals surface area contributed by atoms with E-state index in [4.69, 9.17) is 0 Å². The summed E-state index contributed by atoms with van der Waals surface area (Å²) in [5, 5.41) is 2.91. The van der Waals surface area contributed by atoms with Crippen LogP contribution in [0.5, 0.6) is 0 Å². The van der Waals surface area contributed by atoms with Crippen LogP contribution in [0, 0.1) is 0 Å². The SMILES string of the molecule is CC1=C(C)[CH]([Ti+2]([CH]2C(C)=C(C)c3c2c2ccccc2n3-c2ccccc2)[SiH](C)C)c2c1n(-c1ccccc1)c1ccccc21.[Cl-].[Cl-]. The van der Waals surface area contributed by atoms with Crippen molar-refractivity contribution in [2.24, 2.45) is 0 Å². The van der Waals surface area contributed by atoms with E-state index in [1.807, 2.05) is 0 Å². The first-order chi connectivity index (χ1) is 21.4. The summed E-state index contributed by atoms with van der Waals surface area (Å²) in [7, 11) is 0. The molecule has 2 atom stereocenters. The molecule has 0 amide bonds. The van der Waals surface area contributed by atoms with Crippen LogP contribution in [0.25, 0.3) is 44.3 Å². The van der Waals surface area contributed by atoms with Crippen molar-refractivity contribution in [3.63, 3.8) is 0 Å². The number of aromatic nitrogens is 2. The molecule has 2 nitrogen and oxygen atoms in total. The molecule has 0 saturated heterocycles. The number of benzene rings is 4. The Labute approximate surface area is 292 Å². The van der Waals surface area contributed by atoms with Gasteiger partial charge in [-0.15, -0.1) is 0 Å². The molecule has 46 heavy (non-hydrogen) atoms. The number of nitrogens with zero attached hydrogens (tertiary/aromatic N) is 2. The summed E-state index contributed by atoms with van der Waals surface area (Å²) in [6.07, 6.45) is 0. The summed E-state index contributed by atoms with van der Waals surface area (Å²) in [4.78, 5) is 0. The van der Waals surface area contributed by atoms with Crippen LogP contribution in [0.3, 0.4) is 0 Å². The number of rotatable bonds is 5. The zero-order valence-electron chi connectivity index (χ0n) is 27.3. The fourth-order valence-corrected chi connectivity index (χ4v) is 24.2. The van der Waals surface area contributed by atoms with Gasteiger partial charge in [0.25, 0.3) is 0 Å². The standard InChI is InChI=1S/2C19H16N.C2H7Si.2ClH.Ti/c2*1-13-12-17-16-10-6-7-11-18(16)20(19(17)14(13)2)15-8-4-3-5-9-15;1-3-2;;;/h2*3-12H,1-2H3;3H,1-2H3;2*1H;/q;;;;;+2/p-2. The van der Waals surface area contributed by atoms with E-state index in [-0.39, 0.29) is 24.8 Å². The number of fused-ring (bicyclic) bond motifs is 6. The normalized spacial score (nSPS) is 17.0. The fraction of sp³-hybridized carbons (Fsp3) is 0.200. The molecule has 0 bridgehead atoms. The molecule has 8 rings (SSSR count). The summed E-state index contributed by atoms with van der Waals surface area (Å²) in [5.41, 5.74) is 17.7. The molecule has 2 unspecified atom stereocenters. The van der Waals surface area contributed by atoms with E-state index in [1.54, 1.807) is 22.3 Å². The Bertz CT molecular complexity index is 2010. The Hall–Kier alpha value is -3.05. The average molecular weight is 695 g/mol. The first-order valence-corrected chi connectivity index (χ1v) is 23.4. The second-order valence-electron chi connectivity index (χ2n) is 13.0. The summed E-state index contributed by atoms with van der Waals surface area (Å²) in [5.74, 6) is 0. The van der Waals surface area contributed by atoms with E-state index in [0.717, 1.165) is 0 Å². The van der Waals surface area contributed by atoms with Gasteiger partial charge in [0.2, 0.25) is 0 Å². The fourth-order valence-electron chi connectivity index (χ4n) is 8.45. The van der Waals surface area contributed by atoms with Crippen LogP contribution < -0.4 is 24.8 Å². The second-order valence-corrected chi connectivity index (χ2v) is 26.9. The maximum atomic E-state index is 2.67. The van der Waals surface area contributed by atoms with Crippen LogP contribution in [-0.2, 0) is 17.1 Å². The monoisotopic (exact) mass is 693 g/mol. The van der Waals surface area contributed by atoms with Gasteiger partial charge in [-0.3, -0.25) is 0 Å². The van der Waals surface area contributed by atoms with E-state index in [1.165, 1.54) is 55.7 Å². The third-order valence-corrected chi connectivity index (χ3v) is 25.2. The van der Waals surface area contributed by atoms with Gasteiger partial charge < -0.3 is 24.8 Å². The van der Waals surface area contributed by atoms with Crippen LogP contribution in [0.15, 0.2) is 120 Å². The van der Waals surface area contributed by atoms with E-state index >= 15 is 0 Å². The Morgan fingerprint density at radius 2 is 0.848 bits per heavy atom. The molecule has 0 radical (unpaired) electrons. The average Bonchev–Trinajstić information content (AvgIpc) is 3.72. The minimum Gasteiger partial charge on any atom is -1.00 e. The van der Waals surface area contributed by atoms with E-state index in [2.05, 4.69) is 159 Å². The summed E-state index contributed by atoms with van der Waals surface area (Å²) in [6, 6.07) is 40.5. The van der Waals surface area contributed by atoms with Crippen LogP contribution in [0.1, 0.15) is 58.7 Å². The predicted octanol–water partition coefficient (Wildman–Crippen LogP) is 4.58. The Morgan fingerprint density at radius 3 is 1.22 bits per heavy atom. The molecule has 6 aromatic rings. The molecule has 0 fully saturated rings. The summed E-state index contributed by atoms with van der Waals surface area (Å²) < 4.78 is 6.25. The van der Waals surface area contributed by atoms with Gasteiger partial charge in [0.05, 0.1) is 0 Å². The van der Waals surface area contributed by atoms with Crippen LogP contribution in [0.2, 0.25) is 13.1 Å². The first-order valence-electron chi connectivity index (χ1n) is 16.0. The Morgan fingerprint density at radius 1 is 0.500 bits per heavy atom. The minimum atomic E-state index is -1.86. The van der Waals surface area contributed by atoms with Gasteiger partial charge >= 0.3 is 269 Å². The van der Waals surface area contributed by atoms with Crippen molar-refractivity contribution in [2.45, 2.75) is 49.2 Å². The third-order valence-electron chi connectivity index (χ3n) is 10.5. The van der Waals surface area contributed by atoms with Crippen molar-refractivity contribution in [2.75, 3.05) is 0 Å². The third kappa shape index (κ3) is 4.62.